The smallest absolute Gasteiger partial charge is 0.255 e. The summed E-state index contributed by atoms with van der Waals surface area (Å²) in [5.41, 5.74) is 1.50. The first-order valence-electron chi connectivity index (χ1n) is 13.7. The third-order valence-electron chi connectivity index (χ3n) is 6.44. The molecular weight excluding hydrogens is 448 g/mol. The highest BCUT2D eigenvalue weighted by Crippen LogP contribution is 2.19. The van der Waals surface area contributed by atoms with Gasteiger partial charge < -0.3 is 10.1 Å². The molecule has 0 aliphatic heterocycles. The third kappa shape index (κ3) is 11.5. The van der Waals surface area contributed by atoms with Crippen LogP contribution in [0.3, 0.4) is 0 Å². The fraction of sp³-hybridized carbons (Fsp3) is 0.516. The number of ether oxygens (including phenoxy) is 1. The highest BCUT2D eigenvalue weighted by Gasteiger charge is 2.10. The molecule has 0 fully saturated rings. The van der Waals surface area contributed by atoms with E-state index in [0.29, 0.717) is 29.7 Å². The van der Waals surface area contributed by atoms with Crippen molar-refractivity contribution in [2.75, 3.05) is 11.9 Å². The lowest BCUT2D eigenvalue weighted by Crippen LogP contribution is -2.13. The predicted molar refractivity (Wildman–Crippen MR) is 147 cm³/mol. The summed E-state index contributed by atoms with van der Waals surface area (Å²) in [6, 6.07) is 13.6. The number of nitriles is 1. The molecule has 1 amide bonds. The van der Waals surface area contributed by atoms with Crippen LogP contribution in [0.5, 0.6) is 5.75 Å². The largest absolute Gasteiger partial charge is 0.494 e. The topological polar surface area (TPSA) is 79.2 Å². The van der Waals surface area contributed by atoms with E-state index < -0.39 is 0 Å². The SMILES string of the molecule is CCCCCCCCCCCCCCCCOc1ccc(C(=O)Nc2ccc(C#N)cc2C=O)cc1. The van der Waals surface area contributed by atoms with Crippen LogP contribution in [0.4, 0.5) is 5.69 Å². The fourth-order valence-corrected chi connectivity index (χ4v) is 4.23. The predicted octanol–water partition coefficient (Wildman–Crippen LogP) is 8.48. The Kier molecular flexibility index (Phi) is 14.7. The van der Waals surface area contributed by atoms with E-state index in [1.807, 2.05) is 6.07 Å². The Hall–Kier alpha value is -3.13. The Morgan fingerprint density at radius 2 is 1.39 bits per heavy atom. The van der Waals surface area contributed by atoms with Crippen molar-refractivity contribution in [2.24, 2.45) is 0 Å². The molecule has 0 heterocycles. The van der Waals surface area contributed by atoms with Crippen LogP contribution in [-0.4, -0.2) is 18.8 Å². The number of amides is 1. The Morgan fingerprint density at radius 1 is 0.833 bits per heavy atom. The average molecular weight is 491 g/mol. The van der Waals surface area contributed by atoms with E-state index in [1.54, 1.807) is 36.4 Å². The molecule has 194 valence electrons. The average Bonchev–Trinajstić information content (AvgIpc) is 2.91. The van der Waals surface area contributed by atoms with E-state index in [-0.39, 0.29) is 11.5 Å². The van der Waals surface area contributed by atoms with Crippen molar-refractivity contribution in [3.63, 3.8) is 0 Å². The molecule has 0 aliphatic carbocycles. The molecule has 2 rings (SSSR count). The van der Waals surface area contributed by atoms with Crippen molar-refractivity contribution < 1.29 is 14.3 Å². The van der Waals surface area contributed by atoms with Gasteiger partial charge in [0.15, 0.2) is 6.29 Å². The molecule has 2 aromatic carbocycles. The van der Waals surface area contributed by atoms with E-state index in [4.69, 9.17) is 10.00 Å². The molecule has 0 radical (unpaired) electrons. The van der Waals surface area contributed by atoms with Gasteiger partial charge in [-0.3, -0.25) is 9.59 Å². The van der Waals surface area contributed by atoms with Gasteiger partial charge in [-0.25, -0.2) is 0 Å². The molecule has 0 unspecified atom stereocenters. The van der Waals surface area contributed by atoms with Crippen molar-refractivity contribution in [1.82, 2.24) is 0 Å². The van der Waals surface area contributed by atoms with E-state index >= 15 is 0 Å². The molecule has 5 heteroatoms. The molecule has 0 atom stereocenters. The summed E-state index contributed by atoms with van der Waals surface area (Å²) >= 11 is 0. The molecule has 0 bridgehead atoms. The number of rotatable bonds is 19. The number of hydrogen-bond donors (Lipinski definition) is 1. The summed E-state index contributed by atoms with van der Waals surface area (Å²) < 4.78 is 5.82. The molecule has 1 N–H and O–H groups in total. The van der Waals surface area contributed by atoms with Crippen LogP contribution >= 0.6 is 0 Å². The number of aldehydes is 1. The van der Waals surface area contributed by atoms with Gasteiger partial charge >= 0.3 is 0 Å². The van der Waals surface area contributed by atoms with Gasteiger partial charge in [-0.2, -0.15) is 5.26 Å². The molecule has 0 spiro atoms. The van der Waals surface area contributed by atoms with Crippen LogP contribution in [-0.2, 0) is 0 Å². The van der Waals surface area contributed by atoms with Gasteiger partial charge in [0.05, 0.1) is 23.9 Å². The van der Waals surface area contributed by atoms with Gasteiger partial charge in [-0.15, -0.1) is 0 Å². The number of hydrogen-bond acceptors (Lipinski definition) is 4. The Labute approximate surface area is 217 Å². The molecule has 5 nitrogen and oxygen atoms in total. The van der Waals surface area contributed by atoms with Gasteiger partial charge in [0.2, 0.25) is 0 Å². The molecule has 2 aromatic rings. The van der Waals surface area contributed by atoms with Gasteiger partial charge in [-0.1, -0.05) is 90.4 Å². The quantitative estimate of drug-likeness (QED) is 0.158. The highest BCUT2D eigenvalue weighted by molar-refractivity contribution is 6.06. The number of carbonyl (C=O) groups excluding carboxylic acids is 2. The van der Waals surface area contributed by atoms with Gasteiger partial charge in [0.1, 0.15) is 5.75 Å². The summed E-state index contributed by atoms with van der Waals surface area (Å²) in [6.07, 6.45) is 19.3. The van der Waals surface area contributed by atoms with Crippen LogP contribution in [0.25, 0.3) is 0 Å². The van der Waals surface area contributed by atoms with Gasteiger partial charge in [-0.05, 0) is 48.9 Å². The summed E-state index contributed by atoms with van der Waals surface area (Å²) in [6.45, 7) is 2.95. The minimum absolute atomic E-state index is 0.274. The summed E-state index contributed by atoms with van der Waals surface area (Å²) in [4.78, 5) is 23.8. The Bertz CT molecular complexity index is 947. The standard InChI is InChI=1S/C31H42N2O3/c1-2-3-4-5-6-7-8-9-10-11-12-13-14-15-22-36-29-19-17-27(18-20-29)31(35)33-30-21-16-26(24-32)23-28(30)25-34/h16-21,23,25H,2-15,22H2,1H3,(H,33,35). The van der Waals surface area contributed by atoms with Crippen LogP contribution in [0, 0.1) is 11.3 Å². The molecule has 36 heavy (non-hydrogen) atoms. The van der Waals surface area contributed by atoms with Crippen LogP contribution < -0.4 is 10.1 Å². The highest BCUT2D eigenvalue weighted by atomic mass is 16.5. The second-order valence-corrected chi connectivity index (χ2v) is 9.45. The zero-order chi connectivity index (χ0) is 25.8. The maximum atomic E-state index is 12.5. The second kappa shape index (κ2) is 18.2. The third-order valence-corrected chi connectivity index (χ3v) is 6.44. The zero-order valence-corrected chi connectivity index (χ0v) is 21.9. The Balaban J connectivity index is 1.54. The van der Waals surface area contributed by atoms with E-state index in [1.165, 1.54) is 89.5 Å². The van der Waals surface area contributed by atoms with Crippen molar-refractivity contribution >= 4 is 17.9 Å². The van der Waals surface area contributed by atoms with E-state index in [0.717, 1.165) is 12.2 Å². The summed E-state index contributed by atoms with van der Waals surface area (Å²) in [5.74, 6) is 0.425. The first-order chi connectivity index (χ1) is 17.7. The number of anilines is 1. The van der Waals surface area contributed by atoms with Crippen molar-refractivity contribution in [3.05, 3.63) is 59.2 Å². The molecule has 0 aliphatic rings. The molecule has 0 aromatic heterocycles. The van der Waals surface area contributed by atoms with Crippen LogP contribution in [0.2, 0.25) is 0 Å². The van der Waals surface area contributed by atoms with Crippen LogP contribution in [0.15, 0.2) is 42.5 Å². The fourth-order valence-electron chi connectivity index (χ4n) is 4.23. The van der Waals surface area contributed by atoms with Crippen molar-refractivity contribution in [2.45, 2.75) is 96.8 Å². The molecule has 0 saturated heterocycles. The Morgan fingerprint density at radius 3 is 1.92 bits per heavy atom. The minimum Gasteiger partial charge on any atom is -0.494 e. The first-order valence-corrected chi connectivity index (χ1v) is 13.7. The normalized spacial score (nSPS) is 10.6. The lowest BCUT2D eigenvalue weighted by molar-refractivity contribution is 0.102. The number of nitrogens with one attached hydrogen (secondary N) is 1. The molecular formula is C31H42N2O3. The lowest BCUT2D eigenvalue weighted by atomic mass is 10.0. The summed E-state index contributed by atoms with van der Waals surface area (Å²) in [7, 11) is 0. The monoisotopic (exact) mass is 490 g/mol. The summed E-state index contributed by atoms with van der Waals surface area (Å²) in [5, 5.41) is 11.7. The molecule has 0 saturated carbocycles. The lowest BCUT2D eigenvalue weighted by Gasteiger charge is -2.09. The number of nitrogens with zero attached hydrogens (tertiary/aromatic N) is 1. The number of carbonyl (C=O) groups is 2. The van der Waals surface area contributed by atoms with Gasteiger partial charge in [0, 0.05) is 11.1 Å². The van der Waals surface area contributed by atoms with Gasteiger partial charge in [0.25, 0.3) is 5.91 Å². The number of unbranched alkanes of at least 4 members (excludes halogenated alkanes) is 13. The second-order valence-electron chi connectivity index (χ2n) is 9.45. The van der Waals surface area contributed by atoms with Crippen molar-refractivity contribution in [1.29, 1.82) is 5.26 Å². The minimum atomic E-state index is -0.318. The maximum absolute atomic E-state index is 12.5. The van der Waals surface area contributed by atoms with E-state index in [2.05, 4.69) is 12.2 Å². The number of benzene rings is 2. The van der Waals surface area contributed by atoms with Crippen molar-refractivity contribution in [3.8, 4) is 11.8 Å². The van der Waals surface area contributed by atoms with E-state index in [9.17, 15) is 9.59 Å². The zero-order valence-electron chi connectivity index (χ0n) is 21.9. The maximum Gasteiger partial charge on any atom is 0.255 e. The van der Waals surface area contributed by atoms with Crippen LogP contribution in [0.1, 0.15) is 123 Å². The first kappa shape index (κ1) is 29.1.